The first-order valence-electron chi connectivity index (χ1n) is 5.09. The van der Waals surface area contributed by atoms with Gasteiger partial charge in [0.25, 0.3) is 0 Å². The zero-order valence-corrected chi connectivity index (χ0v) is 9.48. The summed E-state index contributed by atoms with van der Waals surface area (Å²) in [6, 6.07) is 2.97. The number of hydrogen-bond acceptors (Lipinski definition) is 5. The van der Waals surface area contributed by atoms with Crippen molar-refractivity contribution in [3.63, 3.8) is 0 Å². The Kier molecular flexibility index (Phi) is 2.85. The topological polar surface area (TPSA) is 68.1 Å². The zero-order chi connectivity index (χ0) is 12.4. The molecule has 1 aromatic rings. The van der Waals surface area contributed by atoms with E-state index in [1.807, 2.05) is 0 Å². The van der Waals surface area contributed by atoms with Crippen LogP contribution in [0.25, 0.3) is 5.57 Å². The molecule has 88 valence electrons. The van der Waals surface area contributed by atoms with Gasteiger partial charge >= 0.3 is 0 Å². The molecule has 0 fully saturated rings. The van der Waals surface area contributed by atoms with Crippen LogP contribution in [0.15, 0.2) is 17.1 Å². The minimum Gasteiger partial charge on any atom is -0.504 e. The number of aliphatic imine (C=N–C) groups is 1. The van der Waals surface area contributed by atoms with Gasteiger partial charge in [0.05, 0.1) is 19.4 Å². The van der Waals surface area contributed by atoms with Gasteiger partial charge in [-0.1, -0.05) is 0 Å². The van der Waals surface area contributed by atoms with E-state index in [1.54, 1.807) is 18.9 Å². The number of benzene rings is 1. The molecule has 0 saturated carbocycles. The van der Waals surface area contributed by atoms with E-state index >= 15 is 0 Å². The molecular weight excluding hydrogens is 222 g/mol. The molecule has 0 aliphatic carbocycles. The molecule has 0 bridgehead atoms. The van der Waals surface area contributed by atoms with Crippen molar-refractivity contribution >= 4 is 23.1 Å². The summed E-state index contributed by atoms with van der Waals surface area (Å²) in [6.07, 6.45) is 0. The average molecular weight is 233 g/mol. The Labute approximate surface area is 98.0 Å². The lowest BCUT2D eigenvalue weighted by Gasteiger charge is -2.05. The highest BCUT2D eigenvalue weighted by Crippen LogP contribution is 2.41. The van der Waals surface area contributed by atoms with Crippen molar-refractivity contribution in [2.75, 3.05) is 13.7 Å². The molecule has 0 atom stereocenters. The summed E-state index contributed by atoms with van der Waals surface area (Å²) in [7, 11) is 1.44. The molecule has 5 nitrogen and oxygen atoms in total. The highest BCUT2D eigenvalue weighted by Gasteiger charge is 2.25. The molecule has 1 aliphatic rings. The third kappa shape index (κ3) is 1.77. The quantitative estimate of drug-likeness (QED) is 0.789. The highest BCUT2D eigenvalue weighted by molar-refractivity contribution is 6.32. The number of fused-ring (bicyclic) bond motifs is 1. The summed E-state index contributed by atoms with van der Waals surface area (Å²) < 4.78 is 10.2. The first kappa shape index (κ1) is 11.2. The van der Waals surface area contributed by atoms with Gasteiger partial charge in [-0.25, -0.2) is 9.79 Å². The molecule has 1 heterocycles. The van der Waals surface area contributed by atoms with Gasteiger partial charge in [-0.15, -0.1) is 0 Å². The summed E-state index contributed by atoms with van der Waals surface area (Å²) in [6.45, 7) is 2.20. The summed E-state index contributed by atoms with van der Waals surface area (Å²) in [5.41, 5.74) is 1.28. The Balaban J connectivity index is 2.55. The molecule has 2 rings (SSSR count). The number of nitrogens with zero attached hydrogens (tertiary/aromatic N) is 1. The van der Waals surface area contributed by atoms with Crippen LogP contribution in [-0.2, 0) is 9.53 Å². The molecule has 0 saturated heterocycles. The maximum atomic E-state index is 10.9. The number of ether oxygens (including phenoxy) is 2. The second-order valence-electron chi connectivity index (χ2n) is 3.37. The van der Waals surface area contributed by atoms with Crippen LogP contribution in [0.4, 0.5) is 5.69 Å². The van der Waals surface area contributed by atoms with Crippen molar-refractivity contribution in [2.45, 2.75) is 6.92 Å². The first-order chi connectivity index (χ1) is 8.21. The van der Waals surface area contributed by atoms with E-state index in [1.165, 1.54) is 13.2 Å². The highest BCUT2D eigenvalue weighted by atomic mass is 16.5. The fourth-order valence-corrected chi connectivity index (χ4v) is 1.63. The second-order valence-corrected chi connectivity index (χ2v) is 3.37. The molecule has 5 heteroatoms. The number of phenols is 1. The smallest absolute Gasteiger partial charge is 0.233 e. The Morgan fingerprint density at radius 2 is 2.24 bits per heavy atom. The van der Waals surface area contributed by atoms with Crippen LogP contribution in [0.5, 0.6) is 11.5 Å². The lowest BCUT2D eigenvalue weighted by molar-refractivity contribution is 0.333. The molecule has 0 aromatic heterocycles. The third-order valence-electron chi connectivity index (χ3n) is 2.39. The molecule has 0 amide bonds. The van der Waals surface area contributed by atoms with Gasteiger partial charge in [-0.05, 0) is 13.0 Å². The molecule has 17 heavy (non-hydrogen) atoms. The number of rotatable bonds is 2. The minimum absolute atomic E-state index is 0.0296. The molecule has 1 aliphatic heterocycles. The third-order valence-corrected chi connectivity index (χ3v) is 2.39. The lowest BCUT2D eigenvalue weighted by atomic mass is 10.1. The van der Waals surface area contributed by atoms with Crippen LogP contribution >= 0.6 is 0 Å². The predicted octanol–water partition coefficient (Wildman–Crippen LogP) is 1.70. The summed E-state index contributed by atoms with van der Waals surface area (Å²) in [5.74, 6) is 2.28. The van der Waals surface area contributed by atoms with E-state index in [-0.39, 0.29) is 23.0 Å². The summed E-state index contributed by atoms with van der Waals surface area (Å²) in [5, 5.41) is 9.61. The van der Waals surface area contributed by atoms with Gasteiger partial charge < -0.3 is 14.6 Å². The molecule has 0 unspecified atom stereocenters. The van der Waals surface area contributed by atoms with Crippen LogP contribution < -0.4 is 4.74 Å². The van der Waals surface area contributed by atoms with Crippen LogP contribution in [0.3, 0.4) is 0 Å². The normalized spacial score (nSPS) is 12.8. The summed E-state index contributed by atoms with van der Waals surface area (Å²) >= 11 is 0. The number of aromatic hydroxyl groups is 1. The lowest BCUT2D eigenvalue weighted by Crippen LogP contribution is -2.03. The van der Waals surface area contributed by atoms with Gasteiger partial charge in [-0.3, -0.25) is 0 Å². The monoisotopic (exact) mass is 233 g/mol. The van der Waals surface area contributed by atoms with E-state index in [4.69, 9.17) is 9.47 Å². The first-order valence-corrected chi connectivity index (χ1v) is 5.09. The molecule has 0 spiro atoms. The van der Waals surface area contributed by atoms with Crippen LogP contribution in [0.2, 0.25) is 0 Å². The van der Waals surface area contributed by atoms with E-state index in [2.05, 4.69) is 4.99 Å². The number of methoxy groups -OCH3 is 1. The van der Waals surface area contributed by atoms with E-state index in [9.17, 15) is 9.90 Å². The van der Waals surface area contributed by atoms with Gasteiger partial charge in [0.15, 0.2) is 11.5 Å². The van der Waals surface area contributed by atoms with Gasteiger partial charge in [-0.2, -0.15) is 0 Å². The summed E-state index contributed by atoms with van der Waals surface area (Å²) in [4.78, 5) is 15.0. The zero-order valence-electron chi connectivity index (χ0n) is 9.48. The fourth-order valence-electron chi connectivity index (χ4n) is 1.63. The van der Waals surface area contributed by atoms with Gasteiger partial charge in [0.2, 0.25) is 5.90 Å². The van der Waals surface area contributed by atoms with Crippen molar-refractivity contribution in [3.8, 4) is 11.5 Å². The van der Waals surface area contributed by atoms with Crippen molar-refractivity contribution in [1.82, 2.24) is 0 Å². The maximum absolute atomic E-state index is 10.9. The van der Waals surface area contributed by atoms with Crippen molar-refractivity contribution in [1.29, 1.82) is 0 Å². The molecular formula is C12H11NO4. The van der Waals surface area contributed by atoms with Crippen LogP contribution in [0, 0.1) is 0 Å². The largest absolute Gasteiger partial charge is 0.504 e. The van der Waals surface area contributed by atoms with Gasteiger partial charge in [0, 0.05) is 11.6 Å². The minimum atomic E-state index is -0.0296. The molecule has 1 N–H and O–H groups in total. The predicted molar refractivity (Wildman–Crippen MR) is 62.5 cm³/mol. The van der Waals surface area contributed by atoms with E-state index in [0.29, 0.717) is 17.9 Å². The number of phenolic OH excluding ortho intramolecular Hbond substituents is 1. The maximum Gasteiger partial charge on any atom is 0.233 e. The van der Waals surface area contributed by atoms with Crippen molar-refractivity contribution in [2.24, 2.45) is 4.99 Å². The Bertz CT molecular complexity index is 542. The number of carbonyl (C=O) groups excluding carboxylic acids is 1. The average Bonchev–Trinajstić information content (AvgIpc) is 2.64. The van der Waals surface area contributed by atoms with Crippen molar-refractivity contribution in [3.05, 3.63) is 17.7 Å². The van der Waals surface area contributed by atoms with Crippen molar-refractivity contribution < 1.29 is 19.4 Å². The fraction of sp³-hybridized carbons (Fsp3) is 0.250. The molecule has 0 radical (unpaired) electrons. The van der Waals surface area contributed by atoms with Crippen LogP contribution in [0.1, 0.15) is 12.5 Å². The van der Waals surface area contributed by atoms with E-state index in [0.717, 1.165) is 0 Å². The van der Waals surface area contributed by atoms with Gasteiger partial charge in [0.1, 0.15) is 11.5 Å². The Morgan fingerprint density at radius 1 is 1.47 bits per heavy atom. The van der Waals surface area contributed by atoms with E-state index < -0.39 is 0 Å². The Hall–Kier alpha value is -2.26. The Morgan fingerprint density at radius 3 is 2.82 bits per heavy atom. The standard InChI is InChI=1S/C12H11NO4/c1-3-17-12-8(6-14)7-4-11(16-2)10(15)5-9(7)13-12/h4-5,15H,3H2,1-2H3. The second kappa shape index (κ2) is 4.31. The molecule has 1 aromatic carbocycles. The van der Waals surface area contributed by atoms with Crippen LogP contribution in [-0.4, -0.2) is 30.7 Å². The number of hydrogen-bond donors (Lipinski definition) is 1. The SMILES string of the molecule is CCOC1=Nc2cc(O)c(OC)cc2C1=C=O.